The second kappa shape index (κ2) is 41.8. The molecule has 0 aliphatic rings. The Morgan fingerprint density at radius 1 is 0.533 bits per heavy atom. The number of hydrogen-bond acceptors (Lipinski definition) is 8. The molecule has 0 amide bonds. The second-order valence-electron chi connectivity index (χ2n) is 16.8. The van der Waals surface area contributed by atoms with Gasteiger partial charge in [-0.2, -0.15) is 0 Å². The summed E-state index contributed by atoms with van der Waals surface area (Å²) in [6.07, 6.45) is 52.2. The van der Waals surface area contributed by atoms with Crippen LogP contribution >= 0.6 is 7.82 Å². The van der Waals surface area contributed by atoms with Crippen molar-refractivity contribution in [3.8, 4) is 0 Å². The minimum Gasteiger partial charge on any atom is -0.756 e. The first-order valence-corrected chi connectivity index (χ1v) is 25.1. The molecule has 0 heterocycles. The van der Waals surface area contributed by atoms with Crippen molar-refractivity contribution in [2.45, 2.75) is 187 Å². The minimum absolute atomic E-state index is 0.0470. The molecule has 0 saturated heterocycles. The van der Waals surface area contributed by atoms with Crippen LogP contribution in [0.5, 0.6) is 0 Å². The Labute approximate surface area is 368 Å². The first-order valence-electron chi connectivity index (χ1n) is 23.7. The topological polar surface area (TPSA) is 111 Å². The van der Waals surface area contributed by atoms with E-state index in [4.69, 9.17) is 18.5 Å². The van der Waals surface area contributed by atoms with E-state index < -0.39 is 32.5 Å². The van der Waals surface area contributed by atoms with E-state index in [0.29, 0.717) is 30.3 Å². The molecule has 0 aliphatic carbocycles. The highest BCUT2D eigenvalue weighted by Gasteiger charge is 2.21. The van der Waals surface area contributed by atoms with E-state index in [1.807, 2.05) is 27.2 Å². The molecule has 0 N–H and O–H groups in total. The Bertz CT molecular complexity index is 1250. The van der Waals surface area contributed by atoms with E-state index in [1.54, 1.807) is 0 Å². The van der Waals surface area contributed by atoms with Gasteiger partial charge in [0.05, 0.1) is 27.7 Å². The molecular weight excluding hydrogens is 774 g/mol. The van der Waals surface area contributed by atoms with Crippen LogP contribution in [-0.2, 0) is 32.7 Å². The third kappa shape index (κ3) is 45.0. The second-order valence-corrected chi connectivity index (χ2v) is 18.2. The zero-order valence-electron chi connectivity index (χ0n) is 38.9. The molecule has 1 unspecified atom stereocenters. The molecule has 0 aromatic heterocycles. The summed E-state index contributed by atoms with van der Waals surface area (Å²) < 4.78 is 33.9. The van der Waals surface area contributed by atoms with Gasteiger partial charge in [-0.15, -0.1) is 0 Å². The predicted molar refractivity (Wildman–Crippen MR) is 249 cm³/mol. The molecule has 0 aromatic rings. The number of hydrogen-bond donors (Lipinski definition) is 0. The molecular formula is C50H88NO8P. The quantitative estimate of drug-likeness (QED) is 0.0149. The summed E-state index contributed by atoms with van der Waals surface area (Å²) in [6, 6.07) is 0. The van der Waals surface area contributed by atoms with Crippen molar-refractivity contribution in [2.75, 3.05) is 47.5 Å². The van der Waals surface area contributed by atoms with Crippen LogP contribution in [0.25, 0.3) is 0 Å². The van der Waals surface area contributed by atoms with Crippen LogP contribution in [0, 0.1) is 0 Å². The van der Waals surface area contributed by atoms with Crippen LogP contribution in [0.4, 0.5) is 0 Å². The lowest BCUT2D eigenvalue weighted by Gasteiger charge is -2.28. The van der Waals surface area contributed by atoms with Gasteiger partial charge in [0.25, 0.3) is 7.82 Å². The van der Waals surface area contributed by atoms with Gasteiger partial charge >= 0.3 is 11.9 Å². The summed E-state index contributed by atoms with van der Waals surface area (Å²) in [5.41, 5.74) is 0. The van der Waals surface area contributed by atoms with E-state index in [1.165, 1.54) is 77.0 Å². The Morgan fingerprint density at radius 3 is 1.50 bits per heavy atom. The summed E-state index contributed by atoms with van der Waals surface area (Å²) in [4.78, 5) is 37.6. The largest absolute Gasteiger partial charge is 0.756 e. The molecule has 0 bridgehead atoms. The number of allylic oxidation sites excluding steroid dienone is 12. The highest BCUT2D eigenvalue weighted by Crippen LogP contribution is 2.38. The lowest BCUT2D eigenvalue weighted by Crippen LogP contribution is -2.37. The Kier molecular flexibility index (Phi) is 40.0. The van der Waals surface area contributed by atoms with Crippen LogP contribution in [0.2, 0.25) is 0 Å². The monoisotopic (exact) mass is 862 g/mol. The van der Waals surface area contributed by atoms with E-state index in [0.717, 1.165) is 57.8 Å². The summed E-state index contributed by atoms with van der Waals surface area (Å²) in [6.45, 7) is 4.11. The molecule has 0 aromatic carbocycles. The number of rotatable bonds is 42. The summed E-state index contributed by atoms with van der Waals surface area (Å²) in [5.74, 6) is -0.922. The highest BCUT2D eigenvalue weighted by molar-refractivity contribution is 7.45. The summed E-state index contributed by atoms with van der Waals surface area (Å²) >= 11 is 0. The number of ether oxygens (including phenoxy) is 2. The normalized spacial score (nSPS) is 14.2. The van der Waals surface area contributed by atoms with Gasteiger partial charge in [-0.25, -0.2) is 0 Å². The van der Waals surface area contributed by atoms with Gasteiger partial charge in [-0.05, 0) is 77.0 Å². The van der Waals surface area contributed by atoms with Crippen molar-refractivity contribution in [1.82, 2.24) is 0 Å². The summed E-state index contributed by atoms with van der Waals surface area (Å²) in [7, 11) is 1.11. The smallest absolute Gasteiger partial charge is 0.306 e. The highest BCUT2D eigenvalue weighted by atomic mass is 31.2. The lowest BCUT2D eigenvalue weighted by atomic mass is 10.1. The van der Waals surface area contributed by atoms with Gasteiger partial charge in [-0.3, -0.25) is 14.2 Å². The number of carbonyl (C=O) groups is 2. The molecule has 0 rings (SSSR count). The number of phosphoric ester groups is 1. The van der Waals surface area contributed by atoms with Crippen molar-refractivity contribution in [3.05, 3.63) is 72.9 Å². The predicted octanol–water partition coefficient (Wildman–Crippen LogP) is 13.2. The van der Waals surface area contributed by atoms with Crippen molar-refractivity contribution in [3.63, 3.8) is 0 Å². The first kappa shape index (κ1) is 57.4. The number of quaternary nitrogens is 1. The first-order chi connectivity index (χ1) is 29.0. The van der Waals surface area contributed by atoms with Crippen LogP contribution < -0.4 is 4.89 Å². The summed E-state index contributed by atoms with van der Waals surface area (Å²) in [5, 5.41) is 0. The fourth-order valence-electron chi connectivity index (χ4n) is 5.99. The number of phosphoric acid groups is 1. The fraction of sp³-hybridized carbons (Fsp3) is 0.720. The average Bonchev–Trinajstić information content (AvgIpc) is 3.20. The van der Waals surface area contributed by atoms with Crippen LogP contribution in [-0.4, -0.2) is 70.0 Å². The van der Waals surface area contributed by atoms with E-state index in [-0.39, 0.29) is 26.1 Å². The van der Waals surface area contributed by atoms with Gasteiger partial charge in [0, 0.05) is 12.8 Å². The molecule has 0 aliphatic heterocycles. The molecule has 0 fully saturated rings. The third-order valence-electron chi connectivity index (χ3n) is 9.73. The minimum atomic E-state index is -4.65. The number of carbonyl (C=O) groups excluding carboxylic acids is 2. The Hall–Kier alpha value is -2.55. The molecule has 2 atom stereocenters. The zero-order valence-corrected chi connectivity index (χ0v) is 39.8. The SMILES string of the molecule is CCCCCC/C=C/C=C/CCCCCCCC(=O)OC[C@H](COP(=O)([O-])OCC[N+](C)(C)C)OC(=O)CCC/C=C/C/C=C/C/C=C/C/C=C/CCCCCCCCC. The molecule has 346 valence electrons. The van der Waals surface area contributed by atoms with Crippen molar-refractivity contribution in [1.29, 1.82) is 0 Å². The maximum absolute atomic E-state index is 12.7. The van der Waals surface area contributed by atoms with Crippen LogP contribution in [0.3, 0.4) is 0 Å². The van der Waals surface area contributed by atoms with Gasteiger partial charge in [-0.1, -0.05) is 164 Å². The van der Waals surface area contributed by atoms with E-state index in [2.05, 4.69) is 80.7 Å². The maximum Gasteiger partial charge on any atom is 0.306 e. The van der Waals surface area contributed by atoms with Gasteiger partial charge in [0.15, 0.2) is 6.10 Å². The number of likely N-dealkylation sites (N-methyl/N-ethyl adjacent to an activating group) is 1. The maximum atomic E-state index is 12.7. The molecule has 0 spiro atoms. The molecule has 9 nitrogen and oxygen atoms in total. The zero-order chi connectivity index (χ0) is 44.3. The fourth-order valence-corrected chi connectivity index (χ4v) is 6.72. The lowest BCUT2D eigenvalue weighted by molar-refractivity contribution is -0.870. The van der Waals surface area contributed by atoms with Gasteiger partial charge in [0.1, 0.15) is 19.8 Å². The number of esters is 2. The molecule has 10 heteroatoms. The number of unbranched alkanes of at least 4 members (excludes halogenated alkanes) is 17. The van der Waals surface area contributed by atoms with Crippen molar-refractivity contribution < 1.29 is 42.1 Å². The average molecular weight is 862 g/mol. The standard InChI is InChI=1S/C50H88NO8P/c1-6-8-10-12-14-16-18-20-22-23-24-25-26-27-29-31-33-35-37-39-41-43-50(53)59-48(47-58-60(54,55)57-45-44-51(3,4)5)46-56-49(52)42-40-38-36-34-32-30-28-21-19-17-15-13-11-9-7-2/h17,19,21-23,25-26,28-29,31,35,37,48H,6-16,18,20,24,27,30,32-34,36,38-47H2,1-5H3/b19-17+,23-22+,26-25+,28-21+,31-29+,37-35+/t48-/m1/s1. The number of nitrogens with zero attached hydrogens (tertiary/aromatic N) is 1. The van der Waals surface area contributed by atoms with Crippen LogP contribution in [0.15, 0.2) is 72.9 Å². The third-order valence-corrected chi connectivity index (χ3v) is 10.7. The van der Waals surface area contributed by atoms with E-state index >= 15 is 0 Å². The molecule has 60 heavy (non-hydrogen) atoms. The Balaban J connectivity index is 4.46. The van der Waals surface area contributed by atoms with Gasteiger partial charge < -0.3 is 27.9 Å². The van der Waals surface area contributed by atoms with Crippen LogP contribution in [0.1, 0.15) is 181 Å². The molecule has 0 saturated carbocycles. The molecule has 0 radical (unpaired) electrons. The Morgan fingerprint density at radius 2 is 0.967 bits per heavy atom. The van der Waals surface area contributed by atoms with Crippen molar-refractivity contribution in [2.24, 2.45) is 0 Å². The van der Waals surface area contributed by atoms with E-state index in [9.17, 15) is 19.0 Å². The van der Waals surface area contributed by atoms with Gasteiger partial charge in [0.2, 0.25) is 0 Å². The van der Waals surface area contributed by atoms with Crippen molar-refractivity contribution >= 4 is 19.8 Å².